The first kappa shape index (κ1) is 31.9. The van der Waals surface area contributed by atoms with Gasteiger partial charge in [-0.2, -0.15) is 0 Å². The van der Waals surface area contributed by atoms with Gasteiger partial charge in [-0.15, -0.1) is 0 Å². The minimum Gasteiger partial charge on any atom is -0.310 e. The Kier molecular flexibility index (Phi) is 7.29. The van der Waals surface area contributed by atoms with Crippen molar-refractivity contribution in [2.45, 2.75) is 0 Å². The number of hydrogen-bond donors (Lipinski definition) is 0. The highest BCUT2D eigenvalue weighted by molar-refractivity contribution is 6.21. The van der Waals surface area contributed by atoms with Crippen molar-refractivity contribution in [3.8, 4) is 22.9 Å². The van der Waals surface area contributed by atoms with Crippen LogP contribution in [0.4, 0.5) is 0 Å². The Bertz CT molecular complexity index is 3380. The molecule has 3 heterocycles. The predicted molar refractivity (Wildman–Crippen MR) is 236 cm³/mol. The lowest BCUT2D eigenvalue weighted by atomic mass is 9.94. The third-order valence-electron chi connectivity index (χ3n) is 11.1. The molecule has 11 aromatic rings. The van der Waals surface area contributed by atoms with Gasteiger partial charge in [0.25, 0.3) is 0 Å². The number of nitrogens with zero attached hydrogens (tertiary/aromatic N) is 4. The second-order valence-corrected chi connectivity index (χ2v) is 14.3. The van der Waals surface area contributed by atoms with Crippen LogP contribution in [0.25, 0.3) is 99.7 Å². The van der Waals surface area contributed by atoms with Crippen molar-refractivity contribution < 1.29 is 0 Å². The molecule has 0 amide bonds. The van der Waals surface area contributed by atoms with Crippen LogP contribution in [0.2, 0.25) is 0 Å². The zero-order valence-corrected chi connectivity index (χ0v) is 30.5. The van der Waals surface area contributed by atoms with E-state index in [1.807, 2.05) is 6.08 Å². The van der Waals surface area contributed by atoms with Crippen LogP contribution in [0.3, 0.4) is 0 Å². The van der Waals surface area contributed by atoms with Crippen molar-refractivity contribution in [2.75, 3.05) is 0 Å². The minimum absolute atomic E-state index is 0.642. The summed E-state index contributed by atoms with van der Waals surface area (Å²) in [5.74, 6) is 0.642. The van der Waals surface area contributed by atoms with E-state index in [9.17, 15) is 0 Å². The first-order valence-corrected chi connectivity index (χ1v) is 19.0. The number of benzene rings is 8. The molecule has 0 unspecified atom stereocenters. The van der Waals surface area contributed by atoms with Crippen LogP contribution >= 0.6 is 0 Å². The van der Waals surface area contributed by atoms with Gasteiger partial charge >= 0.3 is 0 Å². The van der Waals surface area contributed by atoms with E-state index in [4.69, 9.17) is 9.97 Å². The fourth-order valence-electron chi connectivity index (χ4n) is 8.54. The number of rotatable bonds is 6. The van der Waals surface area contributed by atoms with Gasteiger partial charge in [-0.1, -0.05) is 146 Å². The summed E-state index contributed by atoms with van der Waals surface area (Å²) in [5.41, 5.74) is 10.5. The highest BCUT2D eigenvalue weighted by Crippen LogP contribution is 2.41. The summed E-state index contributed by atoms with van der Waals surface area (Å²) >= 11 is 0. The largest absolute Gasteiger partial charge is 0.310 e. The highest BCUT2D eigenvalue weighted by Gasteiger charge is 2.21. The smallest absolute Gasteiger partial charge is 0.235 e. The zero-order chi connectivity index (χ0) is 37.2. The highest BCUT2D eigenvalue weighted by atomic mass is 15.2. The van der Waals surface area contributed by atoms with E-state index in [0.29, 0.717) is 5.95 Å². The number of para-hydroxylation sites is 4. The second-order valence-electron chi connectivity index (χ2n) is 14.3. The average Bonchev–Trinajstić information content (AvgIpc) is 3.80. The fraction of sp³-hybridized carbons (Fsp3) is 0. The van der Waals surface area contributed by atoms with Crippen LogP contribution in [0.1, 0.15) is 11.3 Å². The van der Waals surface area contributed by atoms with Crippen LogP contribution in [0.15, 0.2) is 195 Å². The summed E-state index contributed by atoms with van der Waals surface area (Å²) in [5, 5.41) is 9.12. The molecule has 0 N–H and O–H groups in total. The average molecular weight is 715 g/mol. The van der Waals surface area contributed by atoms with Gasteiger partial charge in [0.2, 0.25) is 5.95 Å². The molecule has 0 saturated heterocycles. The molecular weight excluding hydrogens is 681 g/mol. The van der Waals surface area contributed by atoms with E-state index < -0.39 is 0 Å². The maximum atomic E-state index is 5.44. The molecule has 4 heteroatoms. The Morgan fingerprint density at radius 3 is 1.96 bits per heavy atom. The Labute approximate surface area is 323 Å². The van der Waals surface area contributed by atoms with Crippen molar-refractivity contribution in [2.24, 2.45) is 0 Å². The molecule has 4 nitrogen and oxygen atoms in total. The van der Waals surface area contributed by atoms with Crippen LogP contribution < -0.4 is 0 Å². The molecule has 0 atom stereocenters. The molecule has 11 rings (SSSR count). The van der Waals surface area contributed by atoms with Crippen LogP contribution in [0.5, 0.6) is 0 Å². The molecule has 262 valence electrons. The van der Waals surface area contributed by atoms with E-state index in [1.165, 1.54) is 16.2 Å². The van der Waals surface area contributed by atoms with Crippen molar-refractivity contribution in [1.29, 1.82) is 0 Å². The fourth-order valence-corrected chi connectivity index (χ4v) is 8.54. The first-order chi connectivity index (χ1) is 27.7. The molecule has 0 radical (unpaired) electrons. The monoisotopic (exact) mass is 714 g/mol. The number of hydrogen-bond acceptors (Lipinski definition) is 2. The third kappa shape index (κ3) is 5.00. The molecule has 0 spiro atoms. The quantitative estimate of drug-likeness (QED) is 0.161. The molecule has 0 bridgehead atoms. The van der Waals surface area contributed by atoms with E-state index in [1.54, 1.807) is 0 Å². The maximum absolute atomic E-state index is 5.44. The standard InChI is InChI=1S/C52H34N4/c1-2-34(31-40-32-37-18-8-14-26-48(37)55(40)39-19-4-3-5-20-39)45-33-46-42-22-12-15-27-49(42)56(51(46)43-23-10-9-21-41(43)45)52-53-47-25-13-11-24-44(47)50(54-52)38-29-28-35-16-6-7-17-36(35)30-38/h2-33H,1H2/b34-31+. The molecule has 0 saturated carbocycles. The summed E-state index contributed by atoms with van der Waals surface area (Å²) in [7, 11) is 0. The van der Waals surface area contributed by atoms with Crippen molar-refractivity contribution in [3.63, 3.8) is 0 Å². The first-order valence-electron chi connectivity index (χ1n) is 19.0. The van der Waals surface area contributed by atoms with E-state index >= 15 is 0 Å². The van der Waals surface area contributed by atoms with Crippen molar-refractivity contribution in [1.82, 2.24) is 19.1 Å². The summed E-state index contributed by atoms with van der Waals surface area (Å²) in [4.78, 5) is 10.7. The molecule has 0 aliphatic carbocycles. The molecule has 0 aliphatic heterocycles. The summed E-state index contributed by atoms with van der Waals surface area (Å²) in [6.07, 6.45) is 4.26. The van der Waals surface area contributed by atoms with Gasteiger partial charge in [0.15, 0.2) is 0 Å². The second kappa shape index (κ2) is 12.8. The topological polar surface area (TPSA) is 35.6 Å². The number of aromatic nitrogens is 4. The molecule has 0 aliphatic rings. The zero-order valence-electron chi connectivity index (χ0n) is 30.5. The van der Waals surface area contributed by atoms with Crippen molar-refractivity contribution >= 4 is 76.8 Å². The maximum Gasteiger partial charge on any atom is 0.235 e. The predicted octanol–water partition coefficient (Wildman–Crippen LogP) is 13.4. The number of allylic oxidation sites excluding steroid dienone is 2. The van der Waals surface area contributed by atoms with Gasteiger partial charge in [0.1, 0.15) is 0 Å². The Morgan fingerprint density at radius 2 is 1.14 bits per heavy atom. The van der Waals surface area contributed by atoms with E-state index in [-0.39, 0.29) is 0 Å². The van der Waals surface area contributed by atoms with Gasteiger partial charge in [-0.25, -0.2) is 9.97 Å². The Morgan fingerprint density at radius 1 is 0.482 bits per heavy atom. The third-order valence-corrected chi connectivity index (χ3v) is 11.1. The molecule has 8 aromatic carbocycles. The number of fused-ring (bicyclic) bond motifs is 8. The Balaban J connectivity index is 1.18. The summed E-state index contributed by atoms with van der Waals surface area (Å²) in [6.45, 7) is 4.38. The van der Waals surface area contributed by atoms with Crippen molar-refractivity contribution in [3.05, 3.63) is 206 Å². The normalized spacial score (nSPS) is 12.1. The van der Waals surface area contributed by atoms with E-state index in [0.717, 1.165) is 82.8 Å². The minimum atomic E-state index is 0.642. The lowest BCUT2D eigenvalue weighted by Crippen LogP contribution is -2.04. The van der Waals surface area contributed by atoms with Gasteiger partial charge in [-0.3, -0.25) is 4.57 Å². The van der Waals surface area contributed by atoms with Gasteiger partial charge < -0.3 is 4.57 Å². The summed E-state index contributed by atoms with van der Waals surface area (Å²) in [6, 6.07) is 64.4. The summed E-state index contributed by atoms with van der Waals surface area (Å²) < 4.78 is 4.59. The lowest BCUT2D eigenvalue weighted by molar-refractivity contribution is 1.02. The van der Waals surface area contributed by atoms with Crippen LogP contribution in [0, 0.1) is 0 Å². The van der Waals surface area contributed by atoms with Crippen LogP contribution in [-0.4, -0.2) is 19.1 Å². The van der Waals surface area contributed by atoms with Gasteiger partial charge in [-0.05, 0) is 81.9 Å². The SMILES string of the molecule is C=C/C(=C\c1cc2ccccc2n1-c1ccccc1)c1cc2c3ccccc3n(-c3nc(-c4ccc5ccccc5c4)c4ccccc4n3)c2c2ccccc12. The van der Waals surface area contributed by atoms with Gasteiger partial charge in [0, 0.05) is 43.9 Å². The lowest BCUT2D eigenvalue weighted by Gasteiger charge is -2.15. The molecule has 0 fully saturated rings. The molecule has 56 heavy (non-hydrogen) atoms. The van der Waals surface area contributed by atoms with E-state index in [2.05, 4.69) is 204 Å². The molecular formula is C52H34N4. The Hall–Kier alpha value is -7.56. The van der Waals surface area contributed by atoms with Crippen LogP contribution in [-0.2, 0) is 0 Å². The molecule has 3 aromatic heterocycles. The van der Waals surface area contributed by atoms with Gasteiger partial charge in [0.05, 0.1) is 27.8 Å².